The van der Waals surface area contributed by atoms with E-state index in [1.807, 2.05) is 24.0 Å². The number of nitrogens with zero attached hydrogens (tertiary/aromatic N) is 1. The summed E-state index contributed by atoms with van der Waals surface area (Å²) in [6.07, 6.45) is 0.870. The van der Waals surface area contributed by atoms with Gasteiger partial charge in [-0.05, 0) is 37.1 Å². The molecule has 0 aromatic heterocycles. The molecule has 0 spiro atoms. The summed E-state index contributed by atoms with van der Waals surface area (Å²) in [4.78, 5) is 13.9. The Morgan fingerprint density at radius 2 is 2.31 bits per heavy atom. The summed E-state index contributed by atoms with van der Waals surface area (Å²) in [7, 11) is 0. The van der Waals surface area contributed by atoms with E-state index >= 15 is 0 Å². The standard InChI is InChI=1S/C13H14ClNO/c1-9(2)8-15-6-5-10-7-11(14)3-4-12(10)13(15)16/h3-4,7H,1,5-6,8H2,2H3. The van der Waals surface area contributed by atoms with E-state index in [-0.39, 0.29) is 5.91 Å². The van der Waals surface area contributed by atoms with Crippen LogP contribution in [0.1, 0.15) is 22.8 Å². The van der Waals surface area contributed by atoms with Crippen LogP contribution in [0.2, 0.25) is 5.02 Å². The topological polar surface area (TPSA) is 20.3 Å². The van der Waals surface area contributed by atoms with Crippen LogP contribution in [0.3, 0.4) is 0 Å². The van der Waals surface area contributed by atoms with Gasteiger partial charge in [-0.3, -0.25) is 4.79 Å². The van der Waals surface area contributed by atoms with E-state index in [1.54, 1.807) is 6.07 Å². The summed E-state index contributed by atoms with van der Waals surface area (Å²) in [5.41, 5.74) is 2.83. The highest BCUT2D eigenvalue weighted by Gasteiger charge is 2.23. The number of carbonyl (C=O) groups is 1. The molecule has 2 nitrogen and oxygen atoms in total. The van der Waals surface area contributed by atoms with Gasteiger partial charge in [-0.25, -0.2) is 0 Å². The Labute approximate surface area is 101 Å². The molecule has 1 aliphatic rings. The average molecular weight is 236 g/mol. The van der Waals surface area contributed by atoms with Crippen LogP contribution in [-0.4, -0.2) is 23.9 Å². The minimum atomic E-state index is 0.0842. The van der Waals surface area contributed by atoms with Gasteiger partial charge < -0.3 is 4.90 Å². The Bertz CT molecular complexity index is 453. The van der Waals surface area contributed by atoms with Crippen LogP contribution in [0.25, 0.3) is 0 Å². The molecule has 0 saturated carbocycles. The zero-order valence-electron chi connectivity index (χ0n) is 9.29. The Morgan fingerprint density at radius 1 is 1.56 bits per heavy atom. The first kappa shape index (κ1) is 11.2. The minimum absolute atomic E-state index is 0.0842. The number of benzene rings is 1. The number of hydrogen-bond donors (Lipinski definition) is 0. The average Bonchev–Trinajstić information content (AvgIpc) is 2.22. The van der Waals surface area contributed by atoms with Crippen molar-refractivity contribution in [3.05, 3.63) is 46.5 Å². The molecule has 0 aliphatic carbocycles. The molecule has 1 heterocycles. The molecule has 1 aromatic rings. The lowest BCUT2D eigenvalue weighted by molar-refractivity contribution is 0.0755. The number of fused-ring (bicyclic) bond motifs is 1. The first-order valence-electron chi connectivity index (χ1n) is 5.30. The number of amides is 1. The molecule has 0 unspecified atom stereocenters. The molecule has 1 amide bonds. The second-order valence-electron chi connectivity index (χ2n) is 4.24. The zero-order valence-corrected chi connectivity index (χ0v) is 10.0. The molecular formula is C13H14ClNO. The Morgan fingerprint density at radius 3 is 3.00 bits per heavy atom. The Kier molecular flexibility index (Phi) is 3.01. The molecule has 2 rings (SSSR count). The molecule has 84 valence electrons. The van der Waals surface area contributed by atoms with Crippen molar-refractivity contribution in [1.29, 1.82) is 0 Å². The highest BCUT2D eigenvalue weighted by atomic mass is 35.5. The highest BCUT2D eigenvalue weighted by molar-refractivity contribution is 6.30. The van der Waals surface area contributed by atoms with E-state index in [1.165, 1.54) is 0 Å². The van der Waals surface area contributed by atoms with Crippen LogP contribution in [-0.2, 0) is 6.42 Å². The molecular weight excluding hydrogens is 222 g/mol. The van der Waals surface area contributed by atoms with Crippen LogP contribution in [0.4, 0.5) is 0 Å². The van der Waals surface area contributed by atoms with Gasteiger partial charge in [-0.15, -0.1) is 0 Å². The third-order valence-electron chi connectivity index (χ3n) is 2.70. The normalized spacial score (nSPS) is 14.9. The van der Waals surface area contributed by atoms with Crippen molar-refractivity contribution in [1.82, 2.24) is 4.90 Å². The van der Waals surface area contributed by atoms with E-state index in [0.717, 1.165) is 29.7 Å². The summed E-state index contributed by atoms with van der Waals surface area (Å²) >= 11 is 5.91. The largest absolute Gasteiger partial charge is 0.334 e. The van der Waals surface area contributed by atoms with Crippen molar-refractivity contribution < 1.29 is 4.79 Å². The van der Waals surface area contributed by atoms with Crippen molar-refractivity contribution in [2.24, 2.45) is 0 Å². The van der Waals surface area contributed by atoms with E-state index in [2.05, 4.69) is 6.58 Å². The van der Waals surface area contributed by atoms with E-state index in [9.17, 15) is 4.79 Å². The van der Waals surface area contributed by atoms with Gasteiger partial charge in [0.15, 0.2) is 0 Å². The summed E-state index contributed by atoms with van der Waals surface area (Å²) < 4.78 is 0. The molecule has 16 heavy (non-hydrogen) atoms. The fourth-order valence-electron chi connectivity index (χ4n) is 1.98. The molecule has 0 radical (unpaired) electrons. The van der Waals surface area contributed by atoms with Gasteiger partial charge in [-0.2, -0.15) is 0 Å². The molecule has 3 heteroatoms. The second kappa shape index (κ2) is 4.30. The van der Waals surface area contributed by atoms with Crippen molar-refractivity contribution in [3.8, 4) is 0 Å². The van der Waals surface area contributed by atoms with Gasteiger partial charge in [-0.1, -0.05) is 23.8 Å². The lowest BCUT2D eigenvalue weighted by Gasteiger charge is -2.28. The lowest BCUT2D eigenvalue weighted by atomic mass is 9.99. The van der Waals surface area contributed by atoms with Gasteiger partial charge in [0, 0.05) is 23.7 Å². The van der Waals surface area contributed by atoms with Gasteiger partial charge in [0.2, 0.25) is 0 Å². The second-order valence-corrected chi connectivity index (χ2v) is 4.67. The maximum atomic E-state index is 12.1. The molecule has 0 atom stereocenters. The fourth-order valence-corrected chi connectivity index (χ4v) is 2.18. The number of rotatable bonds is 2. The molecule has 0 bridgehead atoms. The summed E-state index contributed by atoms with van der Waals surface area (Å²) in [6, 6.07) is 5.46. The van der Waals surface area contributed by atoms with Gasteiger partial charge in [0.05, 0.1) is 0 Å². The Balaban J connectivity index is 2.29. The van der Waals surface area contributed by atoms with Crippen molar-refractivity contribution in [2.75, 3.05) is 13.1 Å². The van der Waals surface area contributed by atoms with Crippen molar-refractivity contribution in [3.63, 3.8) is 0 Å². The lowest BCUT2D eigenvalue weighted by Crippen LogP contribution is -2.38. The van der Waals surface area contributed by atoms with Crippen molar-refractivity contribution >= 4 is 17.5 Å². The third-order valence-corrected chi connectivity index (χ3v) is 2.93. The maximum absolute atomic E-state index is 12.1. The zero-order chi connectivity index (χ0) is 11.7. The molecule has 0 saturated heterocycles. The summed E-state index contributed by atoms with van der Waals surface area (Å²) in [5.74, 6) is 0.0842. The Hall–Kier alpha value is -1.28. The first-order chi connectivity index (χ1) is 7.58. The van der Waals surface area contributed by atoms with Crippen LogP contribution in [0.15, 0.2) is 30.4 Å². The van der Waals surface area contributed by atoms with Crippen LogP contribution in [0.5, 0.6) is 0 Å². The van der Waals surface area contributed by atoms with Gasteiger partial charge in [0.25, 0.3) is 5.91 Å². The quantitative estimate of drug-likeness (QED) is 0.722. The number of carbonyl (C=O) groups excluding carboxylic acids is 1. The molecule has 1 aromatic carbocycles. The number of halogens is 1. The number of hydrogen-bond acceptors (Lipinski definition) is 1. The molecule has 1 aliphatic heterocycles. The minimum Gasteiger partial charge on any atom is -0.334 e. The van der Waals surface area contributed by atoms with E-state index in [0.29, 0.717) is 11.6 Å². The maximum Gasteiger partial charge on any atom is 0.254 e. The van der Waals surface area contributed by atoms with E-state index in [4.69, 9.17) is 11.6 Å². The van der Waals surface area contributed by atoms with Gasteiger partial charge in [0.1, 0.15) is 0 Å². The van der Waals surface area contributed by atoms with Crippen LogP contribution < -0.4 is 0 Å². The molecule has 0 fully saturated rings. The highest BCUT2D eigenvalue weighted by Crippen LogP contribution is 2.22. The SMILES string of the molecule is C=C(C)CN1CCc2cc(Cl)ccc2C1=O. The van der Waals surface area contributed by atoms with Crippen LogP contribution >= 0.6 is 11.6 Å². The van der Waals surface area contributed by atoms with E-state index < -0.39 is 0 Å². The predicted octanol–water partition coefficient (Wildman–Crippen LogP) is 2.91. The van der Waals surface area contributed by atoms with Crippen LogP contribution in [0, 0.1) is 0 Å². The van der Waals surface area contributed by atoms with Gasteiger partial charge >= 0.3 is 0 Å². The summed E-state index contributed by atoms with van der Waals surface area (Å²) in [6.45, 7) is 7.16. The monoisotopic (exact) mass is 235 g/mol. The predicted molar refractivity (Wildman–Crippen MR) is 65.9 cm³/mol. The fraction of sp³-hybridized carbons (Fsp3) is 0.308. The first-order valence-corrected chi connectivity index (χ1v) is 5.68. The smallest absolute Gasteiger partial charge is 0.254 e. The summed E-state index contributed by atoms with van der Waals surface area (Å²) in [5, 5.41) is 0.694. The molecule has 0 N–H and O–H groups in total. The van der Waals surface area contributed by atoms with Crippen molar-refractivity contribution in [2.45, 2.75) is 13.3 Å². The third kappa shape index (κ3) is 2.12.